The Kier molecular flexibility index (Phi) is 3.65. The molecule has 1 amide bonds. The van der Waals surface area contributed by atoms with E-state index in [0.717, 1.165) is 6.54 Å². The first-order valence-corrected chi connectivity index (χ1v) is 7.28. The summed E-state index contributed by atoms with van der Waals surface area (Å²) in [5, 5.41) is 2.89. The summed E-state index contributed by atoms with van der Waals surface area (Å²) in [6, 6.07) is 17.0. The van der Waals surface area contributed by atoms with Crippen LogP contribution in [0.4, 0.5) is 5.69 Å². The van der Waals surface area contributed by atoms with Gasteiger partial charge in [-0.1, -0.05) is 42.5 Å². The van der Waals surface area contributed by atoms with Gasteiger partial charge >= 0.3 is 0 Å². The minimum atomic E-state index is 0.155. The molecule has 0 bridgehead atoms. The molecule has 2 aromatic carbocycles. The average molecular weight is 280 g/mol. The molecule has 108 valence electrons. The van der Waals surface area contributed by atoms with E-state index >= 15 is 0 Å². The summed E-state index contributed by atoms with van der Waals surface area (Å²) in [6.45, 7) is 0.756. The van der Waals surface area contributed by atoms with Crippen molar-refractivity contribution in [3.8, 4) is 11.1 Å². The third-order valence-electron chi connectivity index (χ3n) is 4.06. The molecule has 3 rings (SSSR count). The molecule has 21 heavy (non-hydrogen) atoms. The largest absolute Gasteiger partial charge is 0.377 e. The topological polar surface area (TPSA) is 32.3 Å². The lowest BCUT2D eigenvalue weighted by molar-refractivity contribution is -0.119. The Hall–Kier alpha value is -2.29. The number of nitrogens with zero attached hydrogens (tertiary/aromatic N) is 1. The molecular weight excluding hydrogens is 260 g/mol. The summed E-state index contributed by atoms with van der Waals surface area (Å²) < 4.78 is 0. The van der Waals surface area contributed by atoms with Crippen molar-refractivity contribution >= 4 is 11.6 Å². The predicted octanol–water partition coefficient (Wildman–Crippen LogP) is 3.02. The molecule has 0 aliphatic carbocycles. The van der Waals surface area contributed by atoms with E-state index in [1.165, 1.54) is 22.4 Å². The van der Waals surface area contributed by atoms with Gasteiger partial charge in [-0.15, -0.1) is 0 Å². The van der Waals surface area contributed by atoms with Gasteiger partial charge in [0.05, 0.1) is 0 Å². The molecule has 3 heteroatoms. The van der Waals surface area contributed by atoms with Crippen molar-refractivity contribution in [3.63, 3.8) is 0 Å². The van der Waals surface area contributed by atoms with Crippen molar-refractivity contribution in [2.24, 2.45) is 0 Å². The zero-order valence-corrected chi connectivity index (χ0v) is 12.5. The molecule has 1 N–H and O–H groups in total. The van der Waals surface area contributed by atoms with E-state index in [1.807, 2.05) is 0 Å². The maximum Gasteiger partial charge on any atom is 0.220 e. The molecule has 0 spiro atoms. The molecule has 1 atom stereocenters. The van der Waals surface area contributed by atoms with Gasteiger partial charge in [0, 0.05) is 44.2 Å². The number of hydrogen-bond acceptors (Lipinski definition) is 2. The van der Waals surface area contributed by atoms with Crippen molar-refractivity contribution < 1.29 is 4.79 Å². The summed E-state index contributed by atoms with van der Waals surface area (Å²) in [6.07, 6.45) is 0.605. The van der Waals surface area contributed by atoms with Gasteiger partial charge in [0.1, 0.15) is 0 Å². The molecule has 1 unspecified atom stereocenters. The van der Waals surface area contributed by atoms with Gasteiger partial charge in [-0.25, -0.2) is 0 Å². The predicted molar refractivity (Wildman–Crippen MR) is 86.6 cm³/mol. The molecular formula is C18H20N2O. The number of anilines is 1. The summed E-state index contributed by atoms with van der Waals surface area (Å²) in [5.41, 5.74) is 4.89. The van der Waals surface area contributed by atoms with Crippen molar-refractivity contribution in [2.75, 3.05) is 25.5 Å². The van der Waals surface area contributed by atoms with E-state index in [9.17, 15) is 4.79 Å². The van der Waals surface area contributed by atoms with Crippen LogP contribution in [0.2, 0.25) is 0 Å². The number of carbonyl (C=O) groups is 1. The normalized spacial score (nSPS) is 17.6. The van der Waals surface area contributed by atoms with Crippen LogP contribution in [0.1, 0.15) is 17.9 Å². The maximum absolute atomic E-state index is 11.3. The van der Waals surface area contributed by atoms with Crippen LogP contribution in [-0.4, -0.2) is 26.5 Å². The fourth-order valence-corrected chi connectivity index (χ4v) is 2.88. The molecule has 1 aliphatic heterocycles. The lowest BCUT2D eigenvalue weighted by atomic mass is 9.95. The van der Waals surface area contributed by atoms with Crippen LogP contribution in [0, 0.1) is 0 Å². The van der Waals surface area contributed by atoms with Crippen molar-refractivity contribution in [1.29, 1.82) is 0 Å². The number of nitrogens with one attached hydrogen (secondary N) is 1. The zero-order chi connectivity index (χ0) is 14.8. The first-order valence-electron chi connectivity index (χ1n) is 7.28. The highest BCUT2D eigenvalue weighted by molar-refractivity contribution is 5.80. The molecule has 0 radical (unpaired) electrons. The first-order chi connectivity index (χ1) is 10.1. The van der Waals surface area contributed by atoms with E-state index in [2.05, 4.69) is 72.8 Å². The Labute approximate surface area is 125 Å². The van der Waals surface area contributed by atoms with Gasteiger partial charge in [-0.2, -0.15) is 0 Å². The quantitative estimate of drug-likeness (QED) is 0.937. The van der Waals surface area contributed by atoms with Crippen molar-refractivity contribution in [2.45, 2.75) is 12.3 Å². The summed E-state index contributed by atoms with van der Waals surface area (Å²) in [4.78, 5) is 13.4. The first kappa shape index (κ1) is 13.7. The van der Waals surface area contributed by atoms with Crippen molar-refractivity contribution in [3.05, 3.63) is 54.1 Å². The zero-order valence-electron chi connectivity index (χ0n) is 12.5. The Morgan fingerprint density at radius 3 is 2.38 bits per heavy atom. The fraction of sp³-hybridized carbons (Fsp3) is 0.278. The van der Waals surface area contributed by atoms with E-state index in [1.54, 1.807) is 0 Å². The summed E-state index contributed by atoms with van der Waals surface area (Å²) >= 11 is 0. The van der Waals surface area contributed by atoms with Gasteiger partial charge < -0.3 is 10.2 Å². The van der Waals surface area contributed by atoms with Gasteiger partial charge in [-0.05, 0) is 17.2 Å². The average Bonchev–Trinajstić information content (AvgIpc) is 2.94. The maximum atomic E-state index is 11.3. The Balaban J connectivity index is 1.89. The van der Waals surface area contributed by atoms with Crippen LogP contribution in [0.25, 0.3) is 11.1 Å². The highest BCUT2D eigenvalue weighted by Crippen LogP contribution is 2.31. The number of para-hydroxylation sites is 1. The molecule has 1 saturated heterocycles. The Bertz CT molecular complexity index is 647. The van der Waals surface area contributed by atoms with Crippen LogP contribution >= 0.6 is 0 Å². The molecule has 1 fully saturated rings. The Morgan fingerprint density at radius 1 is 1.05 bits per heavy atom. The molecule has 0 saturated carbocycles. The second-order valence-electron chi connectivity index (χ2n) is 5.74. The lowest BCUT2D eigenvalue weighted by Gasteiger charge is -2.18. The molecule has 0 aromatic heterocycles. The van der Waals surface area contributed by atoms with Crippen LogP contribution in [0.3, 0.4) is 0 Å². The van der Waals surface area contributed by atoms with Crippen LogP contribution in [0.15, 0.2) is 48.5 Å². The van der Waals surface area contributed by atoms with Gasteiger partial charge in [0.15, 0.2) is 0 Å². The second kappa shape index (κ2) is 5.60. The second-order valence-corrected chi connectivity index (χ2v) is 5.74. The van der Waals surface area contributed by atoms with E-state index < -0.39 is 0 Å². The number of carbonyl (C=O) groups excluding carboxylic acids is 1. The van der Waals surface area contributed by atoms with Crippen molar-refractivity contribution in [1.82, 2.24) is 5.32 Å². The molecule has 2 aromatic rings. The minimum Gasteiger partial charge on any atom is -0.377 e. The number of hydrogen-bond donors (Lipinski definition) is 1. The van der Waals surface area contributed by atoms with Gasteiger partial charge in [-0.3, -0.25) is 4.79 Å². The van der Waals surface area contributed by atoms with Crippen LogP contribution < -0.4 is 10.2 Å². The van der Waals surface area contributed by atoms with E-state index in [0.29, 0.717) is 12.3 Å². The molecule has 3 nitrogen and oxygen atoms in total. The number of rotatable bonds is 3. The molecule has 1 heterocycles. The SMILES string of the molecule is CN(C)c1ccccc1-c1ccc(C2CNC(=O)C2)cc1. The number of amides is 1. The van der Waals surface area contributed by atoms with E-state index in [-0.39, 0.29) is 5.91 Å². The standard InChI is InChI=1S/C18H20N2O/c1-20(2)17-6-4-3-5-16(17)14-9-7-13(8-10-14)15-11-18(21)19-12-15/h3-10,15H,11-12H2,1-2H3,(H,19,21). The van der Waals surface area contributed by atoms with E-state index in [4.69, 9.17) is 0 Å². The molecule has 1 aliphatic rings. The smallest absolute Gasteiger partial charge is 0.220 e. The highest BCUT2D eigenvalue weighted by Gasteiger charge is 2.22. The number of benzene rings is 2. The third kappa shape index (κ3) is 2.77. The minimum absolute atomic E-state index is 0.155. The summed E-state index contributed by atoms with van der Waals surface area (Å²) in [5.74, 6) is 0.470. The van der Waals surface area contributed by atoms with Gasteiger partial charge in [0.25, 0.3) is 0 Å². The summed E-state index contributed by atoms with van der Waals surface area (Å²) in [7, 11) is 4.12. The van der Waals surface area contributed by atoms with Gasteiger partial charge in [0.2, 0.25) is 5.91 Å². The third-order valence-corrected chi connectivity index (χ3v) is 4.06. The monoisotopic (exact) mass is 280 g/mol. The Morgan fingerprint density at radius 2 is 1.76 bits per heavy atom. The fourth-order valence-electron chi connectivity index (χ4n) is 2.88. The van der Waals surface area contributed by atoms with Crippen LogP contribution in [-0.2, 0) is 4.79 Å². The highest BCUT2D eigenvalue weighted by atomic mass is 16.1. The lowest BCUT2D eigenvalue weighted by Crippen LogP contribution is -2.13. The van der Waals surface area contributed by atoms with Crippen LogP contribution in [0.5, 0.6) is 0 Å².